The highest BCUT2D eigenvalue weighted by Gasteiger charge is 2.14. The number of aromatic nitrogens is 2. The fourth-order valence-corrected chi connectivity index (χ4v) is 4.31. The maximum Gasteiger partial charge on any atom is 0.282 e. The fourth-order valence-electron chi connectivity index (χ4n) is 3.38. The van der Waals surface area contributed by atoms with Crippen molar-refractivity contribution >= 4 is 60.6 Å². The summed E-state index contributed by atoms with van der Waals surface area (Å²) in [7, 11) is 1.46. The molecule has 0 fully saturated rings. The quantitative estimate of drug-likeness (QED) is 0.285. The minimum absolute atomic E-state index is 0.301. The molecule has 0 spiro atoms. The lowest BCUT2D eigenvalue weighted by molar-refractivity contribution is -0.118. The number of methoxy groups -OCH3 is 1. The van der Waals surface area contributed by atoms with Crippen molar-refractivity contribution in [2.24, 2.45) is 5.10 Å². The van der Waals surface area contributed by atoms with Crippen LogP contribution in [0, 0.1) is 12.7 Å². The average molecular weight is 618 g/mol. The van der Waals surface area contributed by atoms with Gasteiger partial charge in [0.05, 0.1) is 28.7 Å². The molecule has 1 heterocycles. The van der Waals surface area contributed by atoms with Gasteiger partial charge in [-0.25, -0.2) is 9.37 Å². The van der Waals surface area contributed by atoms with Crippen LogP contribution in [-0.2, 0) is 4.79 Å². The molecule has 0 aliphatic carbocycles. The number of amides is 1. The molecule has 4 aromatic rings. The van der Waals surface area contributed by atoms with Crippen LogP contribution in [0.5, 0.6) is 11.5 Å². The molecule has 0 unspecified atom stereocenters. The second-order valence-electron chi connectivity index (χ2n) is 7.56. The summed E-state index contributed by atoms with van der Waals surface area (Å²) in [5, 5.41) is 7.32. The highest BCUT2D eigenvalue weighted by atomic mass is 79.9. The van der Waals surface area contributed by atoms with Crippen LogP contribution in [0.2, 0.25) is 0 Å². The SMILES string of the molecule is COc1cc(C=Nn2c(C)nc3ccc(Br)cc3c2=O)cc(Br)c1OCC(=O)Nc1cccc(F)c1. The molecule has 4 rings (SSSR count). The van der Waals surface area contributed by atoms with E-state index in [1.807, 2.05) is 6.07 Å². The summed E-state index contributed by atoms with van der Waals surface area (Å²) in [5.74, 6) is 0.149. The Balaban J connectivity index is 1.54. The number of nitrogens with one attached hydrogen (secondary N) is 1. The van der Waals surface area contributed by atoms with Gasteiger partial charge in [0.15, 0.2) is 18.1 Å². The second kappa shape index (κ2) is 11.0. The lowest BCUT2D eigenvalue weighted by Crippen LogP contribution is -2.21. The molecule has 0 aliphatic rings. The van der Waals surface area contributed by atoms with Crippen molar-refractivity contribution in [3.63, 3.8) is 0 Å². The molecular formula is C25H19Br2FN4O4. The number of carbonyl (C=O) groups excluding carboxylic acids is 1. The van der Waals surface area contributed by atoms with E-state index in [-0.39, 0.29) is 12.2 Å². The van der Waals surface area contributed by atoms with Gasteiger partial charge in [0.1, 0.15) is 11.6 Å². The Morgan fingerprint density at radius 3 is 2.75 bits per heavy atom. The van der Waals surface area contributed by atoms with Crippen molar-refractivity contribution in [2.45, 2.75) is 6.92 Å². The largest absolute Gasteiger partial charge is 0.493 e. The van der Waals surface area contributed by atoms with Crippen LogP contribution in [0.25, 0.3) is 10.9 Å². The molecule has 8 nitrogen and oxygen atoms in total. The zero-order chi connectivity index (χ0) is 25.8. The third kappa shape index (κ3) is 5.80. The van der Waals surface area contributed by atoms with E-state index < -0.39 is 11.7 Å². The third-order valence-corrected chi connectivity index (χ3v) is 6.08. The fraction of sp³-hybridized carbons (Fsp3) is 0.120. The number of hydrogen-bond acceptors (Lipinski definition) is 6. The Hall–Kier alpha value is -3.57. The van der Waals surface area contributed by atoms with E-state index in [9.17, 15) is 14.0 Å². The van der Waals surface area contributed by atoms with E-state index in [4.69, 9.17) is 9.47 Å². The standard InChI is InChI=1S/C25H19Br2FN4O4/c1-14-30-21-7-6-16(26)10-19(21)25(34)32(14)29-12-15-8-20(27)24(22(9-15)35-2)36-13-23(33)31-18-5-3-4-17(28)11-18/h3-12H,13H2,1-2H3,(H,31,33). The zero-order valence-corrected chi connectivity index (χ0v) is 22.3. The molecule has 0 aliphatic heterocycles. The lowest BCUT2D eigenvalue weighted by atomic mass is 10.2. The van der Waals surface area contributed by atoms with E-state index in [1.54, 1.807) is 37.3 Å². The van der Waals surface area contributed by atoms with Crippen molar-refractivity contribution in [3.8, 4) is 11.5 Å². The smallest absolute Gasteiger partial charge is 0.282 e. The Kier molecular flexibility index (Phi) is 7.80. The van der Waals surface area contributed by atoms with E-state index in [2.05, 4.69) is 47.3 Å². The second-order valence-corrected chi connectivity index (χ2v) is 9.33. The van der Waals surface area contributed by atoms with Gasteiger partial charge in [0, 0.05) is 10.2 Å². The van der Waals surface area contributed by atoms with Gasteiger partial charge in [-0.3, -0.25) is 9.59 Å². The molecule has 1 amide bonds. The number of rotatable bonds is 7. The Bertz CT molecular complexity index is 1560. The first kappa shape index (κ1) is 25.5. The van der Waals surface area contributed by atoms with Crippen LogP contribution in [0.15, 0.2) is 73.4 Å². The number of carbonyl (C=O) groups is 1. The van der Waals surface area contributed by atoms with Gasteiger partial charge in [-0.2, -0.15) is 9.78 Å². The molecule has 1 aromatic heterocycles. The minimum Gasteiger partial charge on any atom is -0.493 e. The number of anilines is 1. The topological polar surface area (TPSA) is 94.8 Å². The van der Waals surface area contributed by atoms with E-state index in [0.29, 0.717) is 43.9 Å². The minimum atomic E-state index is -0.467. The van der Waals surface area contributed by atoms with Crippen molar-refractivity contribution in [2.75, 3.05) is 19.0 Å². The number of fused-ring (bicyclic) bond motifs is 1. The molecule has 0 saturated heterocycles. The van der Waals surface area contributed by atoms with Gasteiger partial charge in [-0.1, -0.05) is 22.0 Å². The predicted molar refractivity (Wildman–Crippen MR) is 143 cm³/mol. The van der Waals surface area contributed by atoms with Crippen LogP contribution in [0.4, 0.5) is 10.1 Å². The van der Waals surface area contributed by atoms with Gasteiger partial charge in [-0.05, 0) is 76.9 Å². The first-order chi connectivity index (χ1) is 17.2. The van der Waals surface area contributed by atoms with E-state index in [1.165, 1.54) is 36.2 Å². The van der Waals surface area contributed by atoms with Crippen molar-refractivity contribution in [1.29, 1.82) is 0 Å². The van der Waals surface area contributed by atoms with Gasteiger partial charge in [-0.15, -0.1) is 0 Å². The summed E-state index contributed by atoms with van der Waals surface area (Å²) in [5.41, 5.74) is 1.21. The highest BCUT2D eigenvalue weighted by molar-refractivity contribution is 9.10. The number of nitrogens with zero attached hydrogens (tertiary/aromatic N) is 3. The van der Waals surface area contributed by atoms with E-state index in [0.717, 1.165) is 4.47 Å². The molecule has 0 saturated carbocycles. The number of aryl methyl sites for hydroxylation is 1. The number of ether oxygens (including phenoxy) is 2. The number of halogens is 3. The van der Waals surface area contributed by atoms with Gasteiger partial charge < -0.3 is 14.8 Å². The average Bonchev–Trinajstić information content (AvgIpc) is 2.83. The van der Waals surface area contributed by atoms with Crippen molar-refractivity contribution < 1.29 is 18.7 Å². The summed E-state index contributed by atoms with van der Waals surface area (Å²) < 4.78 is 26.9. The van der Waals surface area contributed by atoms with Crippen LogP contribution < -0.4 is 20.3 Å². The Morgan fingerprint density at radius 2 is 2.00 bits per heavy atom. The van der Waals surface area contributed by atoms with Crippen molar-refractivity contribution in [3.05, 3.63) is 91.1 Å². The summed E-state index contributed by atoms with van der Waals surface area (Å²) in [4.78, 5) is 29.6. The monoisotopic (exact) mass is 616 g/mol. The number of benzene rings is 3. The summed E-state index contributed by atoms with van der Waals surface area (Å²) in [6.07, 6.45) is 1.49. The van der Waals surface area contributed by atoms with Crippen LogP contribution in [0.3, 0.4) is 0 Å². The Labute approximate surface area is 222 Å². The number of hydrogen-bond donors (Lipinski definition) is 1. The Morgan fingerprint density at radius 1 is 1.19 bits per heavy atom. The first-order valence-corrected chi connectivity index (χ1v) is 12.1. The third-order valence-electron chi connectivity index (χ3n) is 5.00. The van der Waals surface area contributed by atoms with Crippen molar-refractivity contribution in [1.82, 2.24) is 9.66 Å². The summed E-state index contributed by atoms with van der Waals surface area (Å²) in [6.45, 7) is 1.37. The summed E-state index contributed by atoms with van der Waals surface area (Å²) >= 11 is 6.80. The van der Waals surface area contributed by atoms with Gasteiger partial charge in [0.2, 0.25) is 0 Å². The molecule has 0 radical (unpaired) electrons. The normalized spacial score (nSPS) is 11.1. The first-order valence-electron chi connectivity index (χ1n) is 10.5. The molecule has 1 N–H and O–H groups in total. The maximum atomic E-state index is 13.3. The van der Waals surface area contributed by atoms with Gasteiger partial charge in [0.25, 0.3) is 11.5 Å². The maximum absolute atomic E-state index is 13.3. The molecule has 0 atom stereocenters. The predicted octanol–water partition coefficient (Wildman–Crippen LogP) is 5.28. The molecule has 0 bridgehead atoms. The molecule has 184 valence electrons. The molecule has 3 aromatic carbocycles. The zero-order valence-electron chi connectivity index (χ0n) is 19.1. The van der Waals surface area contributed by atoms with E-state index >= 15 is 0 Å². The highest BCUT2D eigenvalue weighted by Crippen LogP contribution is 2.36. The lowest BCUT2D eigenvalue weighted by Gasteiger charge is -2.13. The van der Waals surface area contributed by atoms with Gasteiger partial charge >= 0.3 is 0 Å². The summed E-state index contributed by atoms with van der Waals surface area (Å²) in [6, 6.07) is 14.2. The van der Waals surface area contributed by atoms with Crippen LogP contribution in [0.1, 0.15) is 11.4 Å². The molecule has 11 heteroatoms. The van der Waals surface area contributed by atoms with Crippen LogP contribution in [-0.4, -0.2) is 35.5 Å². The van der Waals surface area contributed by atoms with Crippen LogP contribution >= 0.6 is 31.9 Å². The molecular weight excluding hydrogens is 599 g/mol. The molecule has 36 heavy (non-hydrogen) atoms.